The number of hydrogen-bond donors (Lipinski definition) is 2. The van der Waals surface area contributed by atoms with E-state index < -0.39 is 27.8 Å². The van der Waals surface area contributed by atoms with E-state index in [9.17, 15) is 9.59 Å². The van der Waals surface area contributed by atoms with Gasteiger partial charge in [0.15, 0.2) is 0 Å². The molecule has 3 rings (SSSR count). The Kier molecular flexibility index (Phi) is 11.6. The fraction of sp³-hybridized carbons (Fsp3) is 0.452. The number of alkyl carbamates (subject to hydrolysis) is 1. The van der Waals surface area contributed by atoms with Gasteiger partial charge >= 0.3 is 6.09 Å². The molecule has 0 bridgehead atoms. The zero-order valence-electron chi connectivity index (χ0n) is 25.6. The number of nitrogens with zero attached hydrogens (tertiary/aromatic N) is 2. The highest BCUT2D eigenvalue weighted by molar-refractivity contribution is 9.10. The first kappa shape index (κ1) is 34.0. The van der Waals surface area contributed by atoms with E-state index in [0.717, 1.165) is 32.7 Å². The second-order valence-electron chi connectivity index (χ2n) is 12.1. The Morgan fingerprint density at radius 2 is 1.76 bits per heavy atom. The summed E-state index contributed by atoms with van der Waals surface area (Å²) < 4.78 is 14.0. The van der Waals surface area contributed by atoms with Crippen LogP contribution in [-0.2, 0) is 27.4 Å². The Morgan fingerprint density at radius 3 is 2.38 bits per heavy atom. The molecule has 0 saturated heterocycles. The summed E-state index contributed by atoms with van der Waals surface area (Å²) in [7, 11) is -0.605. The molecule has 0 spiro atoms. The highest BCUT2D eigenvalue weighted by atomic mass is 79.9. The van der Waals surface area contributed by atoms with Gasteiger partial charge in [0.2, 0.25) is 5.91 Å². The van der Waals surface area contributed by atoms with Crippen LogP contribution >= 0.6 is 37.6 Å². The number of halogens is 2. The van der Waals surface area contributed by atoms with Crippen LogP contribution in [0.25, 0.3) is 11.1 Å². The van der Waals surface area contributed by atoms with E-state index in [1.54, 1.807) is 26.8 Å². The topological polar surface area (TPSA) is 94.5 Å². The lowest BCUT2D eigenvalue weighted by atomic mass is 10.0. The van der Waals surface area contributed by atoms with Crippen LogP contribution in [-0.4, -0.2) is 64.6 Å². The molecule has 11 heteroatoms. The number of rotatable bonds is 11. The molecule has 3 aromatic rings. The van der Waals surface area contributed by atoms with E-state index in [1.165, 1.54) is 0 Å². The van der Waals surface area contributed by atoms with Gasteiger partial charge in [0.25, 0.3) is 0 Å². The molecule has 230 valence electrons. The zero-order chi connectivity index (χ0) is 31.2. The molecular formula is C31H42BrClN4O4S. The van der Waals surface area contributed by atoms with Crippen LogP contribution in [0, 0.1) is 13.8 Å². The van der Waals surface area contributed by atoms with Crippen LogP contribution in [0.2, 0.25) is 5.02 Å². The van der Waals surface area contributed by atoms with Crippen molar-refractivity contribution < 1.29 is 19.1 Å². The fourth-order valence-corrected chi connectivity index (χ4v) is 5.45. The Labute approximate surface area is 264 Å². The SMILES string of the molecule is Cc1nn(COCCS(C)(C)C)c(C)c1-c1ccc(NC(=O)[C@H](Cc2cc(Br)ccc2Cl)NC(=O)OC(C)(C)C)cc1. The minimum atomic E-state index is -0.922. The largest absolute Gasteiger partial charge is 0.444 e. The third-order valence-electron chi connectivity index (χ3n) is 6.32. The van der Waals surface area contributed by atoms with E-state index in [2.05, 4.69) is 50.4 Å². The smallest absolute Gasteiger partial charge is 0.408 e. The standard InChI is InChI=1S/C31H42BrClN4O4S/c1-20-28(21(2)37(36-20)19-40-15-16-42(6,7)8)22-9-12-25(13-10-22)34-29(38)27(35-30(39)41-31(3,4)5)18-23-17-24(32)11-14-26(23)33/h9-14,17,27H,15-16,18-19H2,1-8H3,(H,34,38)(H,35,39)/t27-/m0/s1. The van der Waals surface area contributed by atoms with Crippen molar-refractivity contribution in [2.24, 2.45) is 0 Å². The molecule has 0 radical (unpaired) electrons. The van der Waals surface area contributed by atoms with Crippen molar-refractivity contribution in [3.63, 3.8) is 0 Å². The second-order valence-corrected chi connectivity index (χ2v) is 18.0. The summed E-state index contributed by atoms with van der Waals surface area (Å²) in [4.78, 5) is 26.0. The van der Waals surface area contributed by atoms with E-state index in [1.807, 2.05) is 54.9 Å². The molecule has 8 nitrogen and oxygen atoms in total. The second kappa shape index (κ2) is 14.3. The van der Waals surface area contributed by atoms with Crippen LogP contribution in [0.4, 0.5) is 10.5 Å². The number of carbonyl (C=O) groups excluding carboxylic acids is 2. The molecule has 0 aliphatic heterocycles. The normalized spacial score (nSPS) is 13.0. The van der Waals surface area contributed by atoms with Gasteiger partial charge in [-0.15, -0.1) is 0 Å². The maximum absolute atomic E-state index is 13.4. The first-order valence-electron chi connectivity index (χ1n) is 13.6. The van der Waals surface area contributed by atoms with Crippen LogP contribution < -0.4 is 10.6 Å². The molecule has 42 heavy (non-hydrogen) atoms. The summed E-state index contributed by atoms with van der Waals surface area (Å²) >= 11 is 9.84. The molecule has 2 N–H and O–H groups in total. The lowest BCUT2D eigenvalue weighted by Gasteiger charge is -2.24. The van der Waals surface area contributed by atoms with Gasteiger partial charge < -0.3 is 20.1 Å². The zero-order valence-corrected chi connectivity index (χ0v) is 28.8. The number of nitrogens with one attached hydrogen (secondary N) is 2. The van der Waals surface area contributed by atoms with Gasteiger partial charge in [-0.25, -0.2) is 19.5 Å². The average Bonchev–Trinajstić information content (AvgIpc) is 3.15. The van der Waals surface area contributed by atoms with Gasteiger partial charge in [0.1, 0.15) is 18.4 Å². The Hall–Kier alpha value is -2.53. The molecule has 0 aliphatic carbocycles. The highest BCUT2D eigenvalue weighted by Gasteiger charge is 2.26. The fourth-order valence-electron chi connectivity index (χ4n) is 4.23. The number of amides is 2. The Bertz CT molecular complexity index is 1400. The summed E-state index contributed by atoms with van der Waals surface area (Å²) in [6.45, 7) is 10.4. The van der Waals surface area contributed by atoms with Gasteiger partial charge in [-0.05, 0) is 94.8 Å². The van der Waals surface area contributed by atoms with Gasteiger partial charge in [0.05, 0.1) is 12.3 Å². The lowest BCUT2D eigenvalue weighted by molar-refractivity contribution is -0.118. The molecule has 1 aromatic heterocycles. The number of aryl methyl sites for hydroxylation is 1. The number of aromatic nitrogens is 2. The summed E-state index contributed by atoms with van der Waals surface area (Å²) in [5.74, 6) is 0.662. The molecule has 1 heterocycles. The molecule has 0 fully saturated rings. The maximum atomic E-state index is 13.4. The van der Waals surface area contributed by atoms with Crippen molar-refractivity contribution in [2.45, 2.75) is 59.4 Å². The predicted octanol–water partition coefficient (Wildman–Crippen LogP) is 7.33. The minimum absolute atomic E-state index is 0.179. The van der Waals surface area contributed by atoms with Crippen LogP contribution in [0.3, 0.4) is 0 Å². The van der Waals surface area contributed by atoms with Crippen molar-refractivity contribution in [3.8, 4) is 11.1 Å². The van der Waals surface area contributed by atoms with E-state index in [0.29, 0.717) is 29.6 Å². The molecule has 0 aliphatic rings. The van der Waals surface area contributed by atoms with Crippen LogP contribution in [0.1, 0.15) is 37.7 Å². The monoisotopic (exact) mass is 680 g/mol. The van der Waals surface area contributed by atoms with E-state index in [-0.39, 0.29) is 12.3 Å². The third-order valence-corrected chi connectivity index (χ3v) is 8.57. The van der Waals surface area contributed by atoms with Gasteiger partial charge in [-0.1, -0.05) is 39.7 Å². The van der Waals surface area contributed by atoms with Gasteiger partial charge in [0, 0.05) is 38.6 Å². The Morgan fingerprint density at radius 1 is 1.10 bits per heavy atom. The summed E-state index contributed by atoms with van der Waals surface area (Å²) in [5.41, 5.74) is 4.53. The van der Waals surface area contributed by atoms with Gasteiger partial charge in [-0.2, -0.15) is 5.10 Å². The van der Waals surface area contributed by atoms with Crippen molar-refractivity contribution in [3.05, 3.63) is 68.9 Å². The van der Waals surface area contributed by atoms with Crippen molar-refractivity contribution in [1.29, 1.82) is 0 Å². The highest BCUT2D eigenvalue weighted by Crippen LogP contribution is 2.34. The lowest BCUT2D eigenvalue weighted by Crippen LogP contribution is -2.47. The number of carbonyl (C=O) groups is 2. The molecule has 0 saturated carbocycles. The maximum Gasteiger partial charge on any atom is 0.408 e. The quantitative estimate of drug-likeness (QED) is 0.207. The van der Waals surface area contributed by atoms with Crippen LogP contribution in [0.15, 0.2) is 46.9 Å². The molecule has 2 amide bonds. The first-order chi connectivity index (χ1) is 19.5. The van der Waals surface area contributed by atoms with E-state index in [4.69, 9.17) is 21.1 Å². The average molecular weight is 682 g/mol. The minimum Gasteiger partial charge on any atom is -0.444 e. The van der Waals surface area contributed by atoms with E-state index >= 15 is 0 Å². The summed E-state index contributed by atoms with van der Waals surface area (Å²) in [6, 6.07) is 12.0. The van der Waals surface area contributed by atoms with Crippen molar-refractivity contribution in [1.82, 2.24) is 15.1 Å². The number of benzene rings is 2. The third kappa shape index (κ3) is 10.3. The van der Waals surface area contributed by atoms with Crippen molar-refractivity contribution >= 4 is 55.2 Å². The van der Waals surface area contributed by atoms with Crippen LogP contribution in [0.5, 0.6) is 0 Å². The summed E-state index contributed by atoms with van der Waals surface area (Å²) in [6.07, 6.45) is 6.33. The predicted molar refractivity (Wildman–Crippen MR) is 178 cm³/mol. The molecule has 0 unspecified atom stereocenters. The van der Waals surface area contributed by atoms with Crippen molar-refractivity contribution in [2.75, 3.05) is 36.4 Å². The number of ether oxygens (including phenoxy) is 2. The summed E-state index contributed by atoms with van der Waals surface area (Å²) in [5, 5.41) is 10.8. The Balaban J connectivity index is 1.74. The molecular weight excluding hydrogens is 640 g/mol. The van der Waals surface area contributed by atoms with Gasteiger partial charge in [-0.3, -0.25) is 4.79 Å². The number of anilines is 1. The number of hydrogen-bond acceptors (Lipinski definition) is 5. The molecule has 2 aromatic carbocycles. The first-order valence-corrected chi connectivity index (χ1v) is 17.8. The molecule has 1 atom stereocenters.